The number of ketones is 1. The highest BCUT2D eigenvalue weighted by Crippen LogP contribution is 2.91. The predicted octanol–water partition coefficient (Wildman–Crippen LogP) is 6.76. The van der Waals surface area contributed by atoms with E-state index in [0.717, 1.165) is 96.7 Å². The van der Waals surface area contributed by atoms with Gasteiger partial charge in [0.25, 0.3) is 0 Å². The van der Waals surface area contributed by atoms with Crippen molar-refractivity contribution < 1.29 is 53.1 Å². The number of nitrogens with one attached hydrogen (secondary N) is 1. The van der Waals surface area contributed by atoms with Crippen LogP contribution in [-0.4, -0.2) is 106 Å². The van der Waals surface area contributed by atoms with E-state index in [1.807, 2.05) is 6.07 Å². The first-order valence-corrected chi connectivity index (χ1v) is 29.8. The summed E-state index contributed by atoms with van der Waals surface area (Å²) in [5.74, 6) is 5.82. The number of nitrogens with zero attached hydrogens (tertiary/aromatic N) is 1. The molecule has 75 heavy (non-hydrogen) atoms. The minimum absolute atomic E-state index is 0.0291. The minimum atomic E-state index is -1.52. The smallest absolute Gasteiger partial charge is 0.339 e. The van der Waals surface area contributed by atoms with E-state index < -0.39 is 86.1 Å². The highest BCUT2D eigenvalue weighted by atomic mass is 16.7. The number of esters is 2. The molecule has 4 N–H and O–H groups in total. The second-order valence-electron chi connectivity index (χ2n) is 28.5. The summed E-state index contributed by atoms with van der Waals surface area (Å²) in [7, 11) is 0. The molecule has 0 radical (unpaired) electrons. The maximum atomic E-state index is 16.9. The number of Topliss-reactive ketones (excluding diaryl/α,β-unsaturated/α-hetero) is 1. The number of aliphatic hydroxyl groups is 3. The first-order chi connectivity index (χ1) is 36.1. The third-order valence-corrected chi connectivity index (χ3v) is 25.9. The van der Waals surface area contributed by atoms with Gasteiger partial charge in [-0.2, -0.15) is 0 Å². The molecule has 5 spiro atoms. The van der Waals surface area contributed by atoms with Gasteiger partial charge in [-0.25, -0.2) is 4.79 Å². The molecule has 24 unspecified atom stereocenters. The van der Waals surface area contributed by atoms with Crippen LogP contribution < -0.4 is 5.32 Å². The maximum absolute atomic E-state index is 16.9. The van der Waals surface area contributed by atoms with Crippen LogP contribution in [0.25, 0.3) is 0 Å². The van der Waals surface area contributed by atoms with Crippen molar-refractivity contribution in [3.05, 3.63) is 47.6 Å². The minimum Gasteiger partial charge on any atom is -0.469 e. The topological polar surface area (TPSA) is 181 Å². The Morgan fingerprint density at radius 3 is 2.71 bits per heavy atom. The van der Waals surface area contributed by atoms with Gasteiger partial charge < -0.3 is 43.6 Å². The number of epoxide rings is 1. The molecule has 5 saturated heterocycles. The van der Waals surface area contributed by atoms with Crippen LogP contribution in [0.3, 0.4) is 0 Å². The average molecular weight is 1030 g/mol. The average Bonchev–Trinajstić information content (AvgIpc) is 2.23. The van der Waals surface area contributed by atoms with Crippen LogP contribution in [0, 0.1) is 110 Å². The van der Waals surface area contributed by atoms with Gasteiger partial charge in [0.05, 0.1) is 54.9 Å². The van der Waals surface area contributed by atoms with Crippen LogP contribution in [0.4, 0.5) is 0 Å². The Morgan fingerprint density at radius 1 is 1.01 bits per heavy atom. The first kappa shape index (κ1) is 47.5. The molecule has 9 bridgehead atoms. The molecule has 0 aromatic carbocycles. The Bertz CT molecular complexity index is 2810. The Morgan fingerprint density at radius 2 is 1.87 bits per heavy atom. The van der Waals surface area contributed by atoms with Crippen LogP contribution in [0.15, 0.2) is 40.7 Å². The van der Waals surface area contributed by atoms with Gasteiger partial charge >= 0.3 is 11.9 Å². The van der Waals surface area contributed by atoms with Gasteiger partial charge in [0.2, 0.25) is 0 Å². The molecule has 1 aromatic rings. The number of cyclic esters (lactones) is 1. The molecule has 7 aliphatic heterocycles. The number of fused-ring (bicyclic) bond motifs is 6. The summed E-state index contributed by atoms with van der Waals surface area (Å²) in [6.45, 7) is 10.3. The van der Waals surface area contributed by atoms with Gasteiger partial charge in [0.1, 0.15) is 29.7 Å². The molecule has 8 aliphatic carbocycles. The third kappa shape index (κ3) is 5.15. The normalized spacial score (nSPS) is 54.2. The van der Waals surface area contributed by atoms with Gasteiger partial charge in [-0.15, -0.1) is 0 Å². The van der Waals surface area contributed by atoms with Gasteiger partial charge in [0, 0.05) is 47.2 Å². The van der Waals surface area contributed by atoms with E-state index in [4.69, 9.17) is 23.4 Å². The van der Waals surface area contributed by atoms with Gasteiger partial charge in [-0.05, 0) is 154 Å². The van der Waals surface area contributed by atoms with Crippen LogP contribution in [0.2, 0.25) is 0 Å². The number of hydrogen-bond donors (Lipinski definition) is 4. The number of rotatable bonds is 8. The third-order valence-electron chi connectivity index (χ3n) is 25.9. The van der Waals surface area contributed by atoms with Gasteiger partial charge in [0.15, 0.2) is 17.5 Å². The van der Waals surface area contributed by atoms with Crippen molar-refractivity contribution in [3.63, 3.8) is 0 Å². The lowest BCUT2D eigenvalue weighted by Gasteiger charge is -2.74. The summed E-state index contributed by atoms with van der Waals surface area (Å²) in [5, 5.41) is 40.7. The molecule has 7 saturated carbocycles. The Hall–Kier alpha value is -3.51. The highest BCUT2D eigenvalue weighted by molar-refractivity contribution is 5.94. The second kappa shape index (κ2) is 15.2. The van der Waals surface area contributed by atoms with E-state index in [1.54, 1.807) is 6.26 Å². The van der Waals surface area contributed by atoms with E-state index in [0.29, 0.717) is 48.0 Å². The van der Waals surface area contributed by atoms with E-state index in [2.05, 4.69) is 68.1 Å². The zero-order chi connectivity index (χ0) is 51.2. The van der Waals surface area contributed by atoms with Crippen molar-refractivity contribution >= 4 is 17.7 Å². The molecule has 24 atom stereocenters. The van der Waals surface area contributed by atoms with Crippen molar-refractivity contribution in [2.45, 2.75) is 177 Å². The van der Waals surface area contributed by atoms with Crippen LogP contribution >= 0.6 is 0 Å². The van der Waals surface area contributed by atoms with Gasteiger partial charge in [-0.1, -0.05) is 64.0 Å². The maximum Gasteiger partial charge on any atom is 0.339 e. The number of allylic oxidation sites excluding steroid dienone is 1. The van der Waals surface area contributed by atoms with Crippen LogP contribution in [-0.2, 0) is 45.4 Å². The Balaban J connectivity index is 0.912. The fourth-order valence-electron chi connectivity index (χ4n) is 24.0. The monoisotopic (exact) mass is 1030 g/mol. The molecule has 0 amide bonds. The van der Waals surface area contributed by atoms with Crippen LogP contribution in [0.5, 0.6) is 0 Å². The molecule has 15 aliphatic rings. The molecule has 1 aromatic heterocycles. The fraction of sp³-hybridized carbons (Fsp3) is 0.790. The molecule has 16 rings (SSSR count). The van der Waals surface area contributed by atoms with Crippen molar-refractivity contribution in [2.75, 3.05) is 26.4 Å². The van der Waals surface area contributed by atoms with Crippen molar-refractivity contribution in [1.82, 2.24) is 10.2 Å². The number of furan rings is 1. The molecular formula is C62H78N2O11. The summed E-state index contributed by atoms with van der Waals surface area (Å²) >= 11 is 0. The number of hydrogen-bond acceptors (Lipinski definition) is 13. The first-order valence-electron chi connectivity index (χ1n) is 29.8. The standard InChI is InChI=1S/C62H78N2O11/c1-32(2)21-38-24-39-23-37-11-8-17-57(37)27-36-26-55(3)59(43-16-20-71-46(43)25-41(45(66)29-65)34-13-14-40-35(22-34)15-19-64-31-63-28-44(40)64)18-7-10-33-9-5-6-12-42(33)60(62(55)52(73-62)54(70)74-59)48(36)58-30-72-53(69)50(57)61(39,58)75-56(38,4)49(58)47(67)51(60)68/h15-16,19-20,24,32-38,40-42,44-45,48-52,63,65-66,68H,5-6,8-9,11-14,17-18,21-23,25-31H2,1-4H3. The quantitative estimate of drug-likeness (QED) is 0.0930. The summed E-state index contributed by atoms with van der Waals surface area (Å²) in [6.07, 6.45) is 17.6. The Kier molecular flexibility index (Phi) is 9.64. The summed E-state index contributed by atoms with van der Waals surface area (Å²) < 4.78 is 36.4. The zero-order valence-electron chi connectivity index (χ0n) is 44.4. The fourth-order valence-corrected chi connectivity index (χ4v) is 24.0. The van der Waals surface area contributed by atoms with E-state index in [1.165, 1.54) is 5.57 Å². The van der Waals surface area contributed by atoms with Crippen molar-refractivity contribution in [1.29, 1.82) is 0 Å². The lowest BCUT2D eigenvalue weighted by molar-refractivity contribution is -0.314. The predicted molar refractivity (Wildman–Crippen MR) is 270 cm³/mol. The second-order valence-corrected chi connectivity index (χ2v) is 28.5. The Labute approximate surface area is 441 Å². The zero-order valence-corrected chi connectivity index (χ0v) is 44.4. The van der Waals surface area contributed by atoms with Crippen LogP contribution in [0.1, 0.15) is 135 Å². The number of carbonyl (C=O) groups excluding carboxylic acids is 3. The highest BCUT2D eigenvalue weighted by Gasteiger charge is 3.00. The summed E-state index contributed by atoms with van der Waals surface area (Å²) in [6, 6.07) is 2.42. The van der Waals surface area contributed by atoms with Gasteiger partial charge in [-0.3, -0.25) is 14.9 Å². The van der Waals surface area contributed by atoms with E-state index >= 15 is 14.4 Å². The molecule has 12 fully saturated rings. The molecule has 13 heteroatoms. The van der Waals surface area contributed by atoms with Crippen molar-refractivity contribution in [2.24, 2.45) is 98.6 Å². The molecular weight excluding hydrogens is 949 g/mol. The molecule has 402 valence electrons. The molecule has 8 heterocycles. The largest absolute Gasteiger partial charge is 0.469 e. The molecule has 13 nitrogen and oxygen atoms in total. The lowest BCUT2D eigenvalue weighted by Crippen LogP contribution is -2.83. The number of carbonyl (C=O) groups is 3. The lowest BCUT2D eigenvalue weighted by atomic mass is 9.28. The number of ether oxygens (including phenoxy) is 4. The number of aliphatic hydroxyl groups excluding tert-OH is 3. The summed E-state index contributed by atoms with van der Waals surface area (Å²) in [4.78, 5) is 50.4. The van der Waals surface area contributed by atoms with Crippen molar-refractivity contribution in [3.8, 4) is 11.8 Å². The SMILES string of the molecule is CC(C)CC1C=C2CC3CCCC34CC3CC5(C)C6(c7ccoc7CC(C(O)CO)C7CCC8C(C=CN9CNCC89)C7)CC#CC7CCCCC7C7(C(O)C(=O)C8C1(C)OC21C4C(=O)OCC81C37)C51OC1C(=O)O6. The van der Waals surface area contributed by atoms with E-state index in [9.17, 15) is 15.3 Å². The van der Waals surface area contributed by atoms with E-state index in [-0.39, 0.29) is 72.8 Å². The summed E-state index contributed by atoms with van der Waals surface area (Å²) in [5.41, 5.74) is -7.01.